The first-order valence-electron chi connectivity index (χ1n) is 13.2. The quantitative estimate of drug-likeness (QED) is 0.243. The Morgan fingerprint density at radius 3 is 2.08 bits per heavy atom. The normalized spacial score (nSPS) is 13.2. The van der Waals surface area contributed by atoms with Crippen LogP contribution in [0.4, 0.5) is 5.69 Å². The number of carbonyl (C=O) groups excluding carboxylic acids is 2. The molecule has 0 aliphatic carbocycles. The fourth-order valence-electron chi connectivity index (χ4n) is 5.02. The van der Waals surface area contributed by atoms with Crippen LogP contribution >= 0.6 is 0 Å². The number of ether oxygens (including phenoxy) is 1. The Hall–Kier alpha value is -4.84. The predicted molar refractivity (Wildman–Crippen MR) is 152 cm³/mol. The lowest BCUT2D eigenvalue weighted by molar-refractivity contribution is -0.127. The van der Waals surface area contributed by atoms with E-state index < -0.39 is 12.1 Å². The lowest BCUT2D eigenvalue weighted by Crippen LogP contribution is -2.40. The lowest BCUT2D eigenvalue weighted by Gasteiger charge is -2.23. The lowest BCUT2D eigenvalue weighted by atomic mass is 10.0. The number of amides is 1. The average Bonchev–Trinajstić information content (AvgIpc) is 3.43. The molecule has 0 N–H and O–H groups in total. The Kier molecular flexibility index (Phi) is 6.59. The van der Waals surface area contributed by atoms with Gasteiger partial charge in [0, 0.05) is 23.4 Å². The molecule has 1 aliphatic rings. The number of carbonyl (C=O) groups is 2. The molecular weight excluding hydrogens is 486 g/mol. The van der Waals surface area contributed by atoms with Gasteiger partial charge in [0.05, 0.1) is 28.0 Å². The first-order valence-corrected chi connectivity index (χ1v) is 13.2. The molecular formula is C33H27N3O3. The Labute approximate surface area is 226 Å². The van der Waals surface area contributed by atoms with E-state index in [1.165, 1.54) is 0 Å². The summed E-state index contributed by atoms with van der Waals surface area (Å²) >= 11 is 0. The second kappa shape index (κ2) is 10.5. The van der Waals surface area contributed by atoms with Crippen LogP contribution in [0.25, 0.3) is 33.5 Å². The minimum absolute atomic E-state index is 0.199. The highest BCUT2D eigenvalue weighted by Crippen LogP contribution is 2.32. The molecule has 1 amide bonds. The number of hydrogen-bond acceptors (Lipinski definition) is 5. The summed E-state index contributed by atoms with van der Waals surface area (Å²) in [5, 5.41) is 0. The van der Waals surface area contributed by atoms with Crippen molar-refractivity contribution in [1.29, 1.82) is 0 Å². The summed E-state index contributed by atoms with van der Waals surface area (Å²) in [5.41, 5.74) is 6.99. The first-order chi connectivity index (χ1) is 19.1. The standard InChI is InChI=1S/C33H27N3O3/c1-2-29(32(37)36-20-19-22-11-9-10-16-28(22)36)39-33(38)25-17-18-26-27(21-25)35-31(24-14-7-4-8-15-24)30(34-26)23-12-5-3-6-13-23/h3-18,21,29H,2,19-20H2,1H3. The smallest absolute Gasteiger partial charge is 0.338 e. The predicted octanol–water partition coefficient (Wildman–Crippen LogP) is 6.49. The number of fused-ring (bicyclic) bond motifs is 2. The van der Waals surface area contributed by atoms with Gasteiger partial charge < -0.3 is 9.64 Å². The highest BCUT2D eigenvalue weighted by molar-refractivity contribution is 6.01. The van der Waals surface area contributed by atoms with Gasteiger partial charge in [-0.05, 0) is 42.7 Å². The van der Waals surface area contributed by atoms with E-state index in [-0.39, 0.29) is 5.91 Å². The highest BCUT2D eigenvalue weighted by Gasteiger charge is 2.31. The van der Waals surface area contributed by atoms with Crippen molar-refractivity contribution in [3.63, 3.8) is 0 Å². The molecule has 0 radical (unpaired) electrons. The molecule has 1 aromatic heterocycles. The highest BCUT2D eigenvalue weighted by atomic mass is 16.5. The minimum atomic E-state index is -0.870. The van der Waals surface area contributed by atoms with Crippen LogP contribution in [0.1, 0.15) is 29.3 Å². The van der Waals surface area contributed by atoms with Crippen LogP contribution < -0.4 is 4.90 Å². The molecule has 6 nitrogen and oxygen atoms in total. The van der Waals surface area contributed by atoms with Crippen molar-refractivity contribution in [2.24, 2.45) is 0 Å². The number of nitrogens with zero attached hydrogens (tertiary/aromatic N) is 3. The van der Waals surface area contributed by atoms with Gasteiger partial charge in [-0.15, -0.1) is 0 Å². The van der Waals surface area contributed by atoms with Crippen molar-refractivity contribution >= 4 is 28.6 Å². The fourth-order valence-corrected chi connectivity index (χ4v) is 5.02. The maximum Gasteiger partial charge on any atom is 0.338 e. The maximum atomic E-state index is 13.3. The van der Waals surface area contributed by atoms with Crippen LogP contribution in [0.2, 0.25) is 0 Å². The van der Waals surface area contributed by atoms with Crippen molar-refractivity contribution < 1.29 is 14.3 Å². The molecule has 0 saturated carbocycles. The number of para-hydroxylation sites is 1. The van der Waals surface area contributed by atoms with Gasteiger partial charge in [0.25, 0.3) is 5.91 Å². The Bertz CT molecular complexity index is 1670. The monoisotopic (exact) mass is 513 g/mol. The van der Waals surface area contributed by atoms with Crippen molar-refractivity contribution in [2.45, 2.75) is 25.9 Å². The summed E-state index contributed by atoms with van der Waals surface area (Å²) in [7, 11) is 0. The Morgan fingerprint density at radius 1 is 0.795 bits per heavy atom. The van der Waals surface area contributed by atoms with Gasteiger partial charge in [-0.2, -0.15) is 0 Å². The molecule has 0 spiro atoms. The molecule has 0 saturated heterocycles. The van der Waals surface area contributed by atoms with Crippen molar-refractivity contribution in [2.75, 3.05) is 11.4 Å². The van der Waals surface area contributed by atoms with E-state index in [4.69, 9.17) is 14.7 Å². The number of hydrogen-bond donors (Lipinski definition) is 0. The van der Waals surface area contributed by atoms with E-state index >= 15 is 0 Å². The van der Waals surface area contributed by atoms with E-state index in [0.717, 1.165) is 40.2 Å². The van der Waals surface area contributed by atoms with Gasteiger partial charge in [0.2, 0.25) is 0 Å². The molecule has 0 fully saturated rings. The third kappa shape index (κ3) is 4.77. The fraction of sp³-hybridized carbons (Fsp3) is 0.152. The molecule has 4 aromatic carbocycles. The maximum absolute atomic E-state index is 13.3. The number of aromatic nitrogens is 2. The van der Waals surface area contributed by atoms with Crippen LogP contribution in [0, 0.1) is 0 Å². The molecule has 1 aliphatic heterocycles. The van der Waals surface area contributed by atoms with Crippen LogP contribution in [-0.2, 0) is 16.0 Å². The van der Waals surface area contributed by atoms with E-state index in [0.29, 0.717) is 29.6 Å². The van der Waals surface area contributed by atoms with Crippen LogP contribution in [0.5, 0.6) is 0 Å². The largest absolute Gasteiger partial charge is 0.449 e. The summed E-state index contributed by atoms with van der Waals surface area (Å²) in [6.45, 7) is 2.44. The second-order valence-corrected chi connectivity index (χ2v) is 9.53. The van der Waals surface area contributed by atoms with E-state index in [1.807, 2.05) is 91.9 Å². The number of benzene rings is 4. The van der Waals surface area contributed by atoms with Gasteiger partial charge in [-0.1, -0.05) is 85.8 Å². The molecule has 39 heavy (non-hydrogen) atoms. The SMILES string of the molecule is CCC(OC(=O)c1ccc2nc(-c3ccccc3)c(-c3ccccc3)nc2c1)C(=O)N1CCc2ccccc21. The number of anilines is 1. The number of rotatable bonds is 6. The van der Waals surface area contributed by atoms with E-state index in [1.54, 1.807) is 23.1 Å². The Morgan fingerprint density at radius 2 is 1.41 bits per heavy atom. The average molecular weight is 514 g/mol. The summed E-state index contributed by atoms with van der Waals surface area (Å²) in [6.07, 6.45) is 0.310. The molecule has 192 valence electrons. The van der Waals surface area contributed by atoms with Gasteiger partial charge in [-0.3, -0.25) is 4.79 Å². The van der Waals surface area contributed by atoms with E-state index in [9.17, 15) is 9.59 Å². The molecule has 2 heterocycles. The topological polar surface area (TPSA) is 72.4 Å². The van der Waals surface area contributed by atoms with Gasteiger partial charge >= 0.3 is 5.97 Å². The summed E-state index contributed by atoms with van der Waals surface area (Å²) < 4.78 is 5.75. The molecule has 5 aromatic rings. The zero-order chi connectivity index (χ0) is 26.8. The van der Waals surface area contributed by atoms with Gasteiger partial charge in [0.15, 0.2) is 6.10 Å². The molecule has 6 heteroatoms. The van der Waals surface area contributed by atoms with Crippen LogP contribution in [0.3, 0.4) is 0 Å². The third-order valence-electron chi connectivity index (χ3n) is 7.04. The second-order valence-electron chi connectivity index (χ2n) is 9.53. The van der Waals surface area contributed by atoms with Gasteiger partial charge in [0.1, 0.15) is 0 Å². The van der Waals surface area contributed by atoms with E-state index in [2.05, 4.69) is 0 Å². The van der Waals surface area contributed by atoms with Gasteiger partial charge in [-0.25, -0.2) is 14.8 Å². The zero-order valence-electron chi connectivity index (χ0n) is 21.6. The molecule has 1 atom stereocenters. The third-order valence-corrected chi connectivity index (χ3v) is 7.04. The van der Waals surface area contributed by atoms with Crippen molar-refractivity contribution in [3.8, 4) is 22.5 Å². The van der Waals surface area contributed by atoms with Crippen molar-refractivity contribution in [3.05, 3.63) is 114 Å². The zero-order valence-corrected chi connectivity index (χ0v) is 21.6. The molecule has 1 unspecified atom stereocenters. The van der Waals surface area contributed by atoms with Crippen molar-refractivity contribution in [1.82, 2.24) is 9.97 Å². The van der Waals surface area contributed by atoms with Crippen LogP contribution in [0.15, 0.2) is 103 Å². The Balaban J connectivity index is 1.31. The summed E-state index contributed by atoms with van der Waals surface area (Å²) in [5.74, 6) is -0.755. The number of esters is 1. The molecule has 6 rings (SSSR count). The molecule has 0 bridgehead atoms. The first kappa shape index (κ1) is 24.5. The van der Waals surface area contributed by atoms with Crippen LogP contribution in [-0.4, -0.2) is 34.5 Å². The summed E-state index contributed by atoms with van der Waals surface area (Å²) in [6, 6.07) is 32.8. The summed E-state index contributed by atoms with van der Waals surface area (Å²) in [4.78, 5) is 38.1. The minimum Gasteiger partial charge on any atom is -0.449 e.